The van der Waals surface area contributed by atoms with Crippen molar-refractivity contribution in [1.29, 1.82) is 0 Å². The van der Waals surface area contributed by atoms with E-state index in [0.717, 1.165) is 5.01 Å². The molecule has 106 valence electrons. The van der Waals surface area contributed by atoms with Crippen molar-refractivity contribution in [1.82, 2.24) is 10.4 Å². The van der Waals surface area contributed by atoms with Crippen LogP contribution in [0, 0.1) is 11.8 Å². The summed E-state index contributed by atoms with van der Waals surface area (Å²) in [5, 5.41) is 0.847. The lowest BCUT2D eigenvalue weighted by atomic mass is 9.85. The van der Waals surface area contributed by atoms with E-state index in [4.69, 9.17) is 4.74 Å². The quantitative estimate of drug-likeness (QED) is 0.625. The molecule has 1 N–H and O–H groups in total. The van der Waals surface area contributed by atoms with Crippen LogP contribution in [0.3, 0.4) is 0 Å². The second-order valence-electron chi connectivity index (χ2n) is 5.32. The summed E-state index contributed by atoms with van der Waals surface area (Å²) in [7, 11) is 0. The number of fused-ring (bicyclic) bond motifs is 5. The number of nitrogens with one attached hydrogen (secondary N) is 1. The predicted molar refractivity (Wildman–Crippen MR) is 70.5 cm³/mol. The van der Waals surface area contributed by atoms with Crippen molar-refractivity contribution >= 4 is 17.7 Å². The second kappa shape index (κ2) is 4.26. The first-order valence-electron chi connectivity index (χ1n) is 6.74. The highest BCUT2D eigenvalue weighted by Crippen LogP contribution is 2.44. The maximum Gasteiger partial charge on any atom is 0.270 e. The normalized spacial score (nSPS) is 32.7. The largest absolute Gasteiger partial charge is 0.365 e. The zero-order chi connectivity index (χ0) is 14.6. The van der Waals surface area contributed by atoms with E-state index in [0.29, 0.717) is 5.56 Å². The van der Waals surface area contributed by atoms with Crippen molar-refractivity contribution in [3.8, 4) is 0 Å². The standard InChI is InChI=1S/C15H12N2O4/c18-13(8-4-2-1-3-5-8)16-17-14(19)11-9-6-7-10(21-9)12(11)15(17)20/h1-7,9-12H,(H,16,18)/t9-,10+,11-,12+. The van der Waals surface area contributed by atoms with E-state index < -0.39 is 29.6 Å². The van der Waals surface area contributed by atoms with E-state index in [2.05, 4.69) is 5.43 Å². The minimum absolute atomic E-state index is 0.352. The average Bonchev–Trinajstić information content (AvgIpc) is 3.18. The molecule has 3 aliphatic heterocycles. The van der Waals surface area contributed by atoms with Gasteiger partial charge < -0.3 is 4.74 Å². The predicted octanol–water partition coefficient (Wildman–Crippen LogP) is 0.270. The number of hydrogen-bond acceptors (Lipinski definition) is 4. The molecule has 2 bridgehead atoms. The Morgan fingerprint density at radius 1 is 1.00 bits per heavy atom. The number of hydrazine groups is 1. The van der Waals surface area contributed by atoms with Crippen molar-refractivity contribution in [2.45, 2.75) is 12.2 Å². The van der Waals surface area contributed by atoms with Crippen LogP contribution >= 0.6 is 0 Å². The van der Waals surface area contributed by atoms with Crippen LogP contribution in [-0.4, -0.2) is 34.9 Å². The van der Waals surface area contributed by atoms with E-state index in [1.165, 1.54) is 0 Å². The third-order valence-electron chi connectivity index (χ3n) is 4.16. The van der Waals surface area contributed by atoms with Gasteiger partial charge in [0.15, 0.2) is 0 Å². The molecule has 1 aromatic rings. The van der Waals surface area contributed by atoms with Gasteiger partial charge in [-0.05, 0) is 12.1 Å². The summed E-state index contributed by atoms with van der Waals surface area (Å²) in [5.41, 5.74) is 2.80. The van der Waals surface area contributed by atoms with E-state index in [9.17, 15) is 14.4 Å². The molecule has 0 saturated carbocycles. The molecule has 2 saturated heterocycles. The Kier molecular flexibility index (Phi) is 2.49. The number of carbonyl (C=O) groups excluding carboxylic acids is 3. The minimum Gasteiger partial charge on any atom is -0.365 e. The highest BCUT2D eigenvalue weighted by Gasteiger charge is 2.61. The number of benzene rings is 1. The summed E-state index contributed by atoms with van der Waals surface area (Å²) in [6, 6.07) is 8.46. The molecule has 0 radical (unpaired) electrons. The van der Waals surface area contributed by atoms with Crippen LogP contribution in [0.4, 0.5) is 0 Å². The van der Waals surface area contributed by atoms with Crippen molar-refractivity contribution in [3.63, 3.8) is 0 Å². The topological polar surface area (TPSA) is 75.7 Å². The van der Waals surface area contributed by atoms with Gasteiger partial charge in [-0.1, -0.05) is 30.4 Å². The molecule has 4 atom stereocenters. The summed E-state index contributed by atoms with van der Waals surface area (Å²) >= 11 is 0. The fourth-order valence-corrected chi connectivity index (χ4v) is 3.17. The van der Waals surface area contributed by atoms with Gasteiger partial charge in [0.2, 0.25) is 0 Å². The summed E-state index contributed by atoms with van der Waals surface area (Å²) < 4.78 is 5.53. The van der Waals surface area contributed by atoms with Gasteiger partial charge in [-0.25, -0.2) is 0 Å². The van der Waals surface area contributed by atoms with E-state index >= 15 is 0 Å². The summed E-state index contributed by atoms with van der Waals surface area (Å²) in [6.07, 6.45) is 2.91. The molecule has 0 unspecified atom stereocenters. The van der Waals surface area contributed by atoms with E-state index in [-0.39, 0.29) is 12.2 Å². The first kappa shape index (κ1) is 12.3. The number of hydrogen-bond donors (Lipinski definition) is 1. The number of nitrogens with zero attached hydrogens (tertiary/aromatic N) is 1. The Morgan fingerprint density at radius 2 is 1.57 bits per heavy atom. The molecule has 6 heteroatoms. The molecule has 1 aromatic carbocycles. The smallest absolute Gasteiger partial charge is 0.270 e. The molecule has 3 heterocycles. The maximum absolute atomic E-state index is 12.3. The monoisotopic (exact) mass is 284 g/mol. The summed E-state index contributed by atoms with van der Waals surface area (Å²) in [6.45, 7) is 0. The van der Waals surface area contributed by atoms with Gasteiger partial charge in [0.25, 0.3) is 17.7 Å². The number of amides is 3. The number of carbonyl (C=O) groups is 3. The van der Waals surface area contributed by atoms with Gasteiger partial charge in [-0.3, -0.25) is 19.8 Å². The fraction of sp³-hybridized carbons (Fsp3) is 0.267. The van der Waals surface area contributed by atoms with E-state index in [1.807, 2.05) is 0 Å². The maximum atomic E-state index is 12.3. The van der Waals surface area contributed by atoms with Crippen molar-refractivity contribution in [2.75, 3.05) is 0 Å². The van der Waals surface area contributed by atoms with Crippen LogP contribution in [0.15, 0.2) is 42.5 Å². The SMILES string of the molecule is O=C(NN1C(=O)[C@@H]2[C@H](C1=O)[C@H]1C=C[C@@H]2O1)c1ccccc1. The van der Waals surface area contributed by atoms with Crippen molar-refractivity contribution in [2.24, 2.45) is 11.8 Å². The molecule has 0 aromatic heterocycles. The Hall–Kier alpha value is -2.47. The highest BCUT2D eigenvalue weighted by atomic mass is 16.5. The molecule has 21 heavy (non-hydrogen) atoms. The average molecular weight is 284 g/mol. The number of ether oxygens (including phenoxy) is 1. The van der Waals surface area contributed by atoms with Crippen LogP contribution in [-0.2, 0) is 14.3 Å². The van der Waals surface area contributed by atoms with Gasteiger partial charge in [0.05, 0.1) is 24.0 Å². The Morgan fingerprint density at radius 3 is 2.14 bits per heavy atom. The molecular formula is C15H12N2O4. The van der Waals surface area contributed by atoms with Crippen molar-refractivity contribution in [3.05, 3.63) is 48.0 Å². The molecule has 3 aliphatic rings. The van der Waals surface area contributed by atoms with Crippen molar-refractivity contribution < 1.29 is 19.1 Å². The molecular weight excluding hydrogens is 272 g/mol. The van der Waals surface area contributed by atoms with Gasteiger partial charge in [0, 0.05) is 5.56 Å². The Labute approximate surface area is 120 Å². The fourth-order valence-electron chi connectivity index (χ4n) is 3.17. The molecule has 0 spiro atoms. The van der Waals surface area contributed by atoms with E-state index in [1.54, 1.807) is 42.5 Å². The highest BCUT2D eigenvalue weighted by molar-refractivity contribution is 6.09. The summed E-state index contributed by atoms with van der Waals surface area (Å²) in [4.78, 5) is 36.7. The van der Waals surface area contributed by atoms with Gasteiger partial charge in [0.1, 0.15) is 0 Å². The first-order valence-corrected chi connectivity index (χ1v) is 6.74. The lowest BCUT2D eigenvalue weighted by Crippen LogP contribution is -2.47. The van der Waals surface area contributed by atoms with Gasteiger partial charge >= 0.3 is 0 Å². The third kappa shape index (κ3) is 1.66. The number of imide groups is 1. The van der Waals surface area contributed by atoms with Gasteiger partial charge in [-0.15, -0.1) is 0 Å². The molecule has 4 rings (SSSR count). The third-order valence-corrected chi connectivity index (χ3v) is 4.16. The zero-order valence-electron chi connectivity index (χ0n) is 10.9. The molecule has 2 fully saturated rings. The second-order valence-corrected chi connectivity index (χ2v) is 5.32. The van der Waals surface area contributed by atoms with Crippen LogP contribution in [0.1, 0.15) is 10.4 Å². The van der Waals surface area contributed by atoms with Crippen LogP contribution in [0.5, 0.6) is 0 Å². The molecule has 0 aliphatic carbocycles. The zero-order valence-corrected chi connectivity index (χ0v) is 10.9. The molecule has 3 amide bonds. The Bertz CT molecular complexity index is 640. The Balaban J connectivity index is 1.56. The summed E-state index contributed by atoms with van der Waals surface area (Å²) in [5.74, 6) is -2.29. The lowest BCUT2D eigenvalue weighted by molar-refractivity contribution is -0.145. The minimum atomic E-state index is -0.511. The van der Waals surface area contributed by atoms with Crippen LogP contribution < -0.4 is 5.43 Å². The first-order chi connectivity index (χ1) is 10.2. The number of rotatable bonds is 2. The molecule has 6 nitrogen and oxygen atoms in total. The van der Waals surface area contributed by atoms with Crippen LogP contribution in [0.25, 0.3) is 0 Å². The van der Waals surface area contributed by atoms with Gasteiger partial charge in [-0.2, -0.15) is 5.01 Å². The lowest BCUT2D eigenvalue weighted by Gasteiger charge is -2.18. The van der Waals surface area contributed by atoms with Crippen LogP contribution in [0.2, 0.25) is 0 Å².